The molecule has 4 aliphatic carbocycles. The molecular weight excluding hydrogens is 324 g/mol. The summed E-state index contributed by atoms with van der Waals surface area (Å²) in [4.78, 5) is 24.5. The van der Waals surface area contributed by atoms with Gasteiger partial charge in [0, 0.05) is 11.8 Å². The number of Topliss-reactive ketones (excluding diaryl/α,β-unsaturated/α-hetero) is 1. The van der Waals surface area contributed by atoms with Crippen LogP contribution in [0.3, 0.4) is 0 Å². The second-order valence-corrected chi connectivity index (χ2v) is 10.00. The maximum absolute atomic E-state index is 12.5. The van der Waals surface area contributed by atoms with E-state index < -0.39 is 5.60 Å². The van der Waals surface area contributed by atoms with E-state index in [1.165, 1.54) is 11.1 Å². The summed E-state index contributed by atoms with van der Waals surface area (Å²) in [6, 6.07) is 0. The first kappa shape index (κ1) is 18.2. The van der Waals surface area contributed by atoms with Crippen LogP contribution in [-0.4, -0.2) is 22.3 Å². The number of fused-ring (bicyclic) bond motifs is 5. The van der Waals surface area contributed by atoms with Gasteiger partial charge in [0.05, 0.1) is 0 Å². The highest BCUT2D eigenvalue weighted by Crippen LogP contribution is 2.68. The summed E-state index contributed by atoms with van der Waals surface area (Å²) in [5.74, 6) is 1.41. The van der Waals surface area contributed by atoms with Gasteiger partial charge < -0.3 is 5.11 Å². The quantitative estimate of drug-likeness (QED) is 0.764. The standard InChI is InChI=1S/C23H32O3/c1-13-10-17-18(21(4)8-6-16(25)12-19(13)21)7-9-22(5)20(17)11-14(2)23(22,26)15(3)24/h10,12,14,17-18,20,26H,6-9,11H2,1-5H3/t14?,17-,18+,20+,21-,22+,23+/m1/s1. The van der Waals surface area contributed by atoms with E-state index in [-0.39, 0.29) is 28.3 Å². The topological polar surface area (TPSA) is 54.4 Å². The van der Waals surface area contributed by atoms with Crippen molar-refractivity contribution in [1.29, 1.82) is 0 Å². The molecule has 0 aromatic heterocycles. The summed E-state index contributed by atoms with van der Waals surface area (Å²) < 4.78 is 0. The Labute approximate surface area is 156 Å². The van der Waals surface area contributed by atoms with Crippen molar-refractivity contribution in [2.75, 3.05) is 0 Å². The second kappa shape index (κ2) is 5.41. The molecule has 1 N–H and O–H groups in total. The second-order valence-electron chi connectivity index (χ2n) is 10.00. The van der Waals surface area contributed by atoms with E-state index in [1.807, 2.05) is 13.0 Å². The Morgan fingerprint density at radius 3 is 2.58 bits per heavy atom. The highest BCUT2D eigenvalue weighted by molar-refractivity contribution is 5.92. The first-order chi connectivity index (χ1) is 12.1. The van der Waals surface area contributed by atoms with Gasteiger partial charge in [0.1, 0.15) is 5.60 Å². The summed E-state index contributed by atoms with van der Waals surface area (Å²) >= 11 is 0. The smallest absolute Gasteiger partial charge is 0.162 e. The minimum absolute atomic E-state index is 0.000125. The Morgan fingerprint density at radius 1 is 1.23 bits per heavy atom. The zero-order valence-electron chi connectivity index (χ0n) is 16.8. The molecule has 0 heterocycles. The van der Waals surface area contributed by atoms with Crippen LogP contribution in [0.15, 0.2) is 23.3 Å². The molecule has 4 aliphatic rings. The number of aliphatic hydroxyl groups is 1. The first-order valence-corrected chi connectivity index (χ1v) is 10.2. The first-order valence-electron chi connectivity index (χ1n) is 10.2. The molecule has 0 saturated heterocycles. The Balaban J connectivity index is 1.82. The van der Waals surface area contributed by atoms with E-state index in [0.717, 1.165) is 25.7 Å². The number of allylic oxidation sites excluding steroid dienone is 4. The molecule has 2 saturated carbocycles. The van der Waals surface area contributed by atoms with Gasteiger partial charge in [-0.3, -0.25) is 9.59 Å². The Hall–Kier alpha value is -1.22. The lowest BCUT2D eigenvalue weighted by Gasteiger charge is -2.57. The lowest BCUT2D eigenvalue weighted by molar-refractivity contribution is -0.162. The van der Waals surface area contributed by atoms with Crippen LogP contribution in [0.5, 0.6) is 0 Å². The van der Waals surface area contributed by atoms with Gasteiger partial charge in [0.15, 0.2) is 11.6 Å². The zero-order chi connectivity index (χ0) is 19.1. The number of carbonyl (C=O) groups excluding carboxylic acids is 2. The van der Waals surface area contributed by atoms with E-state index in [2.05, 4.69) is 26.8 Å². The van der Waals surface area contributed by atoms with Crippen LogP contribution in [0.25, 0.3) is 0 Å². The summed E-state index contributed by atoms with van der Waals surface area (Å²) in [5.41, 5.74) is 0.977. The monoisotopic (exact) mass is 356 g/mol. The molecule has 0 radical (unpaired) electrons. The van der Waals surface area contributed by atoms with Crippen molar-refractivity contribution in [2.45, 2.75) is 72.3 Å². The van der Waals surface area contributed by atoms with Crippen LogP contribution in [0.1, 0.15) is 66.7 Å². The van der Waals surface area contributed by atoms with Crippen molar-refractivity contribution in [2.24, 2.45) is 34.5 Å². The molecule has 3 nitrogen and oxygen atoms in total. The molecule has 3 heteroatoms. The van der Waals surface area contributed by atoms with Crippen molar-refractivity contribution >= 4 is 11.6 Å². The van der Waals surface area contributed by atoms with Crippen molar-refractivity contribution in [1.82, 2.24) is 0 Å². The molecule has 0 amide bonds. The zero-order valence-corrected chi connectivity index (χ0v) is 16.8. The number of rotatable bonds is 1. The van der Waals surface area contributed by atoms with Gasteiger partial charge in [-0.2, -0.15) is 0 Å². The van der Waals surface area contributed by atoms with Gasteiger partial charge in [0.2, 0.25) is 0 Å². The molecule has 0 bridgehead atoms. The molecular formula is C23H32O3. The minimum Gasteiger partial charge on any atom is -0.381 e. The van der Waals surface area contributed by atoms with Crippen molar-refractivity contribution in [3.05, 3.63) is 23.3 Å². The third kappa shape index (κ3) is 1.99. The van der Waals surface area contributed by atoms with Gasteiger partial charge in [-0.05, 0) is 80.3 Å². The van der Waals surface area contributed by atoms with Crippen LogP contribution in [0.4, 0.5) is 0 Å². The van der Waals surface area contributed by atoms with E-state index >= 15 is 0 Å². The summed E-state index contributed by atoms with van der Waals surface area (Å²) in [7, 11) is 0. The van der Waals surface area contributed by atoms with E-state index in [4.69, 9.17) is 0 Å². The Morgan fingerprint density at radius 2 is 1.92 bits per heavy atom. The van der Waals surface area contributed by atoms with Gasteiger partial charge in [-0.25, -0.2) is 0 Å². The minimum atomic E-state index is -1.20. The Kier molecular flexibility index (Phi) is 3.77. The fraction of sp³-hybridized carbons (Fsp3) is 0.739. The SMILES string of the molecule is CC(=O)[C@@]1(O)C(C)C[C@H]2[C@@H]3C=C(C)C4=CC(=O)CC[C@]4(C)[C@H]3CC[C@@]21C. The normalized spacial score (nSPS) is 50.3. The number of carbonyl (C=O) groups is 2. The van der Waals surface area contributed by atoms with Crippen molar-refractivity contribution < 1.29 is 14.7 Å². The molecule has 26 heavy (non-hydrogen) atoms. The summed E-state index contributed by atoms with van der Waals surface area (Å²) in [5, 5.41) is 11.5. The number of hydrogen-bond acceptors (Lipinski definition) is 3. The van der Waals surface area contributed by atoms with Crippen molar-refractivity contribution in [3.63, 3.8) is 0 Å². The third-order valence-corrected chi connectivity index (χ3v) is 8.95. The highest BCUT2D eigenvalue weighted by atomic mass is 16.3. The number of hydrogen-bond donors (Lipinski definition) is 1. The molecule has 0 aromatic carbocycles. The molecule has 1 unspecified atom stereocenters. The molecule has 0 spiro atoms. The molecule has 0 aliphatic heterocycles. The van der Waals surface area contributed by atoms with Gasteiger partial charge in [-0.1, -0.05) is 32.4 Å². The largest absolute Gasteiger partial charge is 0.381 e. The van der Waals surface area contributed by atoms with E-state index in [0.29, 0.717) is 24.2 Å². The predicted octanol–water partition coefficient (Wildman–Crippen LogP) is 4.25. The third-order valence-electron chi connectivity index (χ3n) is 8.95. The number of ketones is 2. The lowest BCUT2D eigenvalue weighted by atomic mass is 9.47. The van der Waals surface area contributed by atoms with Crippen LogP contribution < -0.4 is 0 Å². The Bertz CT molecular complexity index is 747. The molecule has 7 atom stereocenters. The van der Waals surface area contributed by atoms with Gasteiger partial charge in [-0.15, -0.1) is 0 Å². The van der Waals surface area contributed by atoms with Crippen LogP contribution >= 0.6 is 0 Å². The van der Waals surface area contributed by atoms with Crippen LogP contribution in [-0.2, 0) is 9.59 Å². The highest BCUT2D eigenvalue weighted by Gasteiger charge is 2.67. The van der Waals surface area contributed by atoms with Crippen LogP contribution in [0.2, 0.25) is 0 Å². The molecule has 0 aromatic rings. The maximum Gasteiger partial charge on any atom is 0.162 e. The average Bonchev–Trinajstić information content (AvgIpc) is 2.78. The summed E-state index contributed by atoms with van der Waals surface area (Å²) in [6.07, 6.45) is 8.66. The van der Waals surface area contributed by atoms with Gasteiger partial charge in [0.25, 0.3) is 0 Å². The predicted molar refractivity (Wildman–Crippen MR) is 101 cm³/mol. The molecule has 142 valence electrons. The fourth-order valence-corrected chi connectivity index (χ4v) is 7.51. The lowest BCUT2D eigenvalue weighted by Crippen LogP contribution is -2.58. The van der Waals surface area contributed by atoms with Gasteiger partial charge >= 0.3 is 0 Å². The molecule has 4 rings (SSSR count). The van der Waals surface area contributed by atoms with Crippen LogP contribution in [0, 0.1) is 34.5 Å². The summed E-state index contributed by atoms with van der Waals surface area (Å²) in [6.45, 7) is 10.2. The van der Waals surface area contributed by atoms with E-state index in [1.54, 1.807) is 6.92 Å². The average molecular weight is 357 g/mol. The van der Waals surface area contributed by atoms with Crippen molar-refractivity contribution in [3.8, 4) is 0 Å². The fourth-order valence-electron chi connectivity index (χ4n) is 7.51. The van der Waals surface area contributed by atoms with E-state index in [9.17, 15) is 14.7 Å². The maximum atomic E-state index is 12.5. The molecule has 2 fully saturated rings.